The number of likely N-dealkylation sites (tertiary alicyclic amines) is 1. The van der Waals surface area contributed by atoms with Gasteiger partial charge in [0.15, 0.2) is 21.2 Å². The van der Waals surface area contributed by atoms with Crippen LogP contribution in [0.25, 0.3) is 0 Å². The SMILES string of the molecule is COc1cccc([C@H]2C3=CC[C@@H]4C(=O)N(c5ccc([N+](=O)[O-])cc5)C(=O)[C@@H]4[C@@H]3C[C@@]3(Cl)C(=O)N(CBr)C(=O)[C@@]23Cl)c1O. The Morgan fingerprint density at radius 3 is 2.38 bits per heavy atom. The number of phenols is 1. The normalized spacial score (nSPS) is 32.0. The van der Waals surface area contributed by atoms with E-state index in [0.29, 0.717) is 5.57 Å². The van der Waals surface area contributed by atoms with Gasteiger partial charge in [-0.1, -0.05) is 39.7 Å². The Bertz CT molecular complexity index is 1620. The van der Waals surface area contributed by atoms with Crippen LogP contribution in [0, 0.1) is 27.9 Å². The Labute approximate surface area is 257 Å². The van der Waals surface area contributed by atoms with Crippen molar-refractivity contribution in [2.45, 2.75) is 28.5 Å². The minimum atomic E-state index is -2.07. The number of carbonyl (C=O) groups excluding carboxylic acids is 4. The maximum absolute atomic E-state index is 14.0. The maximum Gasteiger partial charge on any atom is 0.269 e. The number of para-hydroxylation sites is 1. The van der Waals surface area contributed by atoms with E-state index in [2.05, 4.69) is 15.9 Å². The van der Waals surface area contributed by atoms with Crippen LogP contribution in [0.4, 0.5) is 11.4 Å². The van der Waals surface area contributed by atoms with Crippen LogP contribution in [0.1, 0.15) is 24.3 Å². The molecule has 2 aliphatic carbocycles. The van der Waals surface area contributed by atoms with E-state index in [-0.39, 0.29) is 46.7 Å². The molecule has 3 fully saturated rings. The molecule has 6 rings (SSSR count). The second-order valence-corrected chi connectivity index (χ2v) is 12.4. The maximum atomic E-state index is 14.0. The number of aromatic hydroxyl groups is 1. The summed E-state index contributed by atoms with van der Waals surface area (Å²) in [5.74, 6) is -6.45. The van der Waals surface area contributed by atoms with Gasteiger partial charge in [0, 0.05) is 23.6 Å². The van der Waals surface area contributed by atoms with E-state index in [0.717, 1.165) is 9.80 Å². The fourth-order valence-electron chi connectivity index (χ4n) is 7.01. The lowest BCUT2D eigenvalue weighted by atomic mass is 9.56. The number of nitrogens with zero attached hydrogens (tertiary/aromatic N) is 3. The first-order chi connectivity index (χ1) is 19.9. The van der Waals surface area contributed by atoms with Crippen LogP contribution in [-0.4, -0.2) is 60.9 Å². The lowest BCUT2D eigenvalue weighted by molar-refractivity contribution is -0.384. The number of methoxy groups -OCH3 is 1. The van der Waals surface area contributed by atoms with Crippen molar-refractivity contribution < 1.29 is 33.9 Å². The average Bonchev–Trinajstić information content (AvgIpc) is 3.31. The standard InChI is InChI=1S/C28H22BrCl2N3O8/c1-42-19-4-2-3-17(22(19)35)21-15-9-10-16-20(18(15)11-27(30)25(38)32(12-29)26(39)28(21,27)31)24(37)33(23(16)36)13-5-7-14(8-6-13)34(40)41/h2-9,16,18,20-21,35H,10-12H2,1H3/t16-,18+,20-,21+,27+,28-/m0/s1. The van der Waals surface area contributed by atoms with Crippen LogP contribution in [0.2, 0.25) is 0 Å². The molecule has 0 radical (unpaired) electrons. The predicted octanol–water partition coefficient (Wildman–Crippen LogP) is 4.22. The summed E-state index contributed by atoms with van der Waals surface area (Å²) < 4.78 is 5.30. The molecule has 2 aliphatic heterocycles. The number of alkyl halides is 3. The largest absolute Gasteiger partial charge is 0.504 e. The van der Waals surface area contributed by atoms with Gasteiger partial charge in [-0.3, -0.25) is 39.1 Å². The van der Waals surface area contributed by atoms with Crippen LogP contribution in [0.15, 0.2) is 54.1 Å². The Hall–Kier alpha value is -3.48. The topological polar surface area (TPSA) is 147 Å². The monoisotopic (exact) mass is 677 g/mol. The van der Waals surface area contributed by atoms with Crippen molar-refractivity contribution in [1.82, 2.24) is 4.90 Å². The lowest BCUT2D eigenvalue weighted by Crippen LogP contribution is -2.60. The van der Waals surface area contributed by atoms with Gasteiger partial charge in [-0.25, -0.2) is 0 Å². The number of phenolic OH excluding ortho intramolecular Hbond substituents is 1. The number of halogens is 3. The number of benzene rings is 2. The second kappa shape index (κ2) is 9.78. The number of carbonyl (C=O) groups is 4. The molecule has 0 spiro atoms. The van der Waals surface area contributed by atoms with Crippen molar-refractivity contribution >= 4 is 74.1 Å². The van der Waals surface area contributed by atoms with Crippen molar-refractivity contribution in [3.63, 3.8) is 0 Å². The number of anilines is 1. The van der Waals surface area contributed by atoms with Crippen molar-refractivity contribution in [3.8, 4) is 11.5 Å². The molecule has 2 heterocycles. The zero-order valence-electron chi connectivity index (χ0n) is 21.8. The van der Waals surface area contributed by atoms with Gasteiger partial charge in [-0.2, -0.15) is 0 Å². The number of amides is 4. The average molecular weight is 679 g/mol. The summed E-state index contributed by atoms with van der Waals surface area (Å²) in [6, 6.07) is 9.75. The summed E-state index contributed by atoms with van der Waals surface area (Å²) in [4.78, 5) is 63.5. The Morgan fingerprint density at radius 1 is 1.07 bits per heavy atom. The van der Waals surface area contributed by atoms with Crippen molar-refractivity contribution in [3.05, 3.63) is 69.8 Å². The number of hydrogen-bond acceptors (Lipinski definition) is 8. The third kappa shape index (κ3) is 3.58. The zero-order chi connectivity index (χ0) is 30.3. The number of nitro groups is 1. The number of rotatable bonds is 5. The molecule has 2 aromatic rings. The van der Waals surface area contributed by atoms with Crippen molar-refractivity contribution in [1.29, 1.82) is 0 Å². The first-order valence-corrected chi connectivity index (χ1v) is 14.8. The van der Waals surface area contributed by atoms with Crippen LogP contribution < -0.4 is 9.64 Å². The van der Waals surface area contributed by atoms with Gasteiger partial charge < -0.3 is 9.84 Å². The van der Waals surface area contributed by atoms with E-state index < -0.39 is 62.0 Å². The molecule has 42 heavy (non-hydrogen) atoms. The molecule has 0 unspecified atom stereocenters. The molecule has 1 N–H and O–H groups in total. The number of nitro benzene ring substituents is 1. The quantitative estimate of drug-likeness (QED) is 0.123. The first kappa shape index (κ1) is 28.6. The molecule has 2 aromatic carbocycles. The van der Waals surface area contributed by atoms with Crippen LogP contribution in [-0.2, 0) is 19.2 Å². The lowest BCUT2D eigenvalue weighted by Gasteiger charge is -2.50. The molecule has 4 amide bonds. The number of ether oxygens (including phenoxy) is 1. The van der Waals surface area contributed by atoms with Gasteiger partial charge in [0.25, 0.3) is 17.5 Å². The van der Waals surface area contributed by atoms with E-state index in [1.54, 1.807) is 18.2 Å². The molecule has 4 aliphatic rings. The molecular weight excluding hydrogens is 657 g/mol. The highest BCUT2D eigenvalue weighted by atomic mass is 79.9. The molecule has 11 nitrogen and oxygen atoms in total. The highest BCUT2D eigenvalue weighted by Crippen LogP contribution is 2.66. The Balaban J connectivity index is 1.51. The Morgan fingerprint density at radius 2 is 1.76 bits per heavy atom. The number of imide groups is 2. The van der Waals surface area contributed by atoms with Gasteiger partial charge in [0.05, 0.1) is 35.0 Å². The molecule has 0 aromatic heterocycles. The summed E-state index contributed by atoms with van der Waals surface area (Å²) in [6.45, 7) is 0. The smallest absolute Gasteiger partial charge is 0.269 e. The summed E-state index contributed by atoms with van der Waals surface area (Å²) in [7, 11) is 1.36. The fourth-order valence-corrected chi connectivity index (χ4v) is 8.43. The minimum absolute atomic E-state index is 0.106. The molecule has 2 saturated heterocycles. The van der Waals surface area contributed by atoms with Gasteiger partial charge in [-0.05, 0) is 37.0 Å². The van der Waals surface area contributed by atoms with Crippen molar-refractivity contribution in [2.24, 2.45) is 17.8 Å². The molecule has 6 atom stereocenters. The molecule has 218 valence electrons. The predicted molar refractivity (Wildman–Crippen MR) is 154 cm³/mol. The fraction of sp³-hybridized carbons (Fsp3) is 0.357. The van der Waals surface area contributed by atoms with Crippen LogP contribution in [0.3, 0.4) is 0 Å². The highest BCUT2D eigenvalue weighted by Gasteiger charge is 2.76. The van der Waals surface area contributed by atoms with E-state index in [1.165, 1.54) is 37.4 Å². The summed E-state index contributed by atoms with van der Waals surface area (Å²) in [5.41, 5.74) is 0.497. The van der Waals surface area contributed by atoms with E-state index in [1.807, 2.05) is 0 Å². The van der Waals surface area contributed by atoms with E-state index in [4.69, 9.17) is 27.9 Å². The van der Waals surface area contributed by atoms with Gasteiger partial charge in [0.1, 0.15) is 0 Å². The third-order valence-electron chi connectivity index (χ3n) is 8.89. The van der Waals surface area contributed by atoms with Crippen LogP contribution in [0.5, 0.6) is 11.5 Å². The number of hydrogen-bond donors (Lipinski definition) is 1. The molecule has 14 heteroatoms. The number of non-ortho nitro benzene ring substituents is 1. The first-order valence-electron chi connectivity index (χ1n) is 12.9. The number of allylic oxidation sites excluding steroid dienone is 2. The highest BCUT2D eigenvalue weighted by molar-refractivity contribution is 9.09. The molecule has 0 bridgehead atoms. The van der Waals surface area contributed by atoms with Gasteiger partial charge >= 0.3 is 0 Å². The number of fused-ring (bicyclic) bond motifs is 4. The minimum Gasteiger partial charge on any atom is -0.504 e. The zero-order valence-corrected chi connectivity index (χ0v) is 24.9. The van der Waals surface area contributed by atoms with Gasteiger partial charge in [0.2, 0.25) is 11.8 Å². The van der Waals surface area contributed by atoms with E-state index >= 15 is 0 Å². The third-order valence-corrected chi connectivity index (χ3v) is 10.8. The summed E-state index contributed by atoms with van der Waals surface area (Å²) in [5, 5.41) is 22.3. The molecular formula is C28H22BrCl2N3O8. The van der Waals surface area contributed by atoms with E-state index in [9.17, 15) is 34.4 Å². The second-order valence-electron chi connectivity index (χ2n) is 10.7. The summed E-state index contributed by atoms with van der Waals surface area (Å²) >= 11 is 17.5. The van der Waals surface area contributed by atoms with Gasteiger partial charge in [-0.15, -0.1) is 23.2 Å². The van der Waals surface area contributed by atoms with Crippen LogP contribution >= 0.6 is 39.1 Å². The van der Waals surface area contributed by atoms with Crippen molar-refractivity contribution in [2.75, 3.05) is 17.5 Å². The molecule has 1 saturated carbocycles. The Kier molecular flexibility index (Phi) is 6.67. The summed E-state index contributed by atoms with van der Waals surface area (Å²) in [6.07, 6.45) is 1.65.